The summed E-state index contributed by atoms with van der Waals surface area (Å²) in [7, 11) is 3.64. The van der Waals surface area contributed by atoms with Crippen LogP contribution < -0.4 is 26.2 Å². The first-order valence-corrected chi connectivity index (χ1v) is 14.8. The maximum Gasteiger partial charge on any atom is 0.209 e. The van der Waals surface area contributed by atoms with Crippen LogP contribution in [0.25, 0.3) is 22.3 Å². The molecule has 2 aromatic carbocycles. The van der Waals surface area contributed by atoms with Crippen molar-refractivity contribution < 1.29 is 9.13 Å². The fourth-order valence-electron chi connectivity index (χ4n) is 4.86. The van der Waals surface area contributed by atoms with Gasteiger partial charge in [0.15, 0.2) is 16.4 Å². The number of methoxy groups -OCH3 is 1. The minimum absolute atomic E-state index is 0.0307. The number of anilines is 1. The number of hydrogen-bond acceptors (Lipinski definition) is 9. The molecule has 4 aromatic rings. The van der Waals surface area contributed by atoms with Gasteiger partial charge in [0.05, 0.1) is 29.6 Å². The second-order valence-corrected chi connectivity index (χ2v) is 11.1. The number of benzene rings is 2. The van der Waals surface area contributed by atoms with Crippen molar-refractivity contribution in [1.29, 1.82) is 0 Å². The Morgan fingerprint density at radius 2 is 2.02 bits per heavy atom. The average Bonchev–Trinajstić information content (AvgIpc) is 3.46. The zero-order valence-electron chi connectivity index (χ0n) is 23.6. The van der Waals surface area contributed by atoms with E-state index in [1.807, 2.05) is 40.7 Å². The highest BCUT2D eigenvalue weighted by molar-refractivity contribution is 7.99. The number of hydrogen-bond donors (Lipinski definition) is 3. The third-order valence-corrected chi connectivity index (χ3v) is 8.06. The van der Waals surface area contributed by atoms with E-state index in [0.717, 1.165) is 31.7 Å². The molecule has 3 heterocycles. The number of piperazine rings is 1. The highest BCUT2D eigenvalue weighted by atomic mass is 32.2. The van der Waals surface area contributed by atoms with Gasteiger partial charge in [-0.15, -0.1) is 5.10 Å². The van der Waals surface area contributed by atoms with Crippen molar-refractivity contribution >= 4 is 51.4 Å². The van der Waals surface area contributed by atoms with Crippen LogP contribution in [0.4, 0.5) is 10.1 Å². The zero-order chi connectivity index (χ0) is 29.8. The molecule has 1 saturated heterocycles. The normalized spacial score (nSPS) is 14.4. The Morgan fingerprint density at radius 3 is 2.74 bits per heavy atom. The molecule has 0 bridgehead atoms. The van der Waals surface area contributed by atoms with Crippen LogP contribution in [0.1, 0.15) is 12.5 Å². The van der Waals surface area contributed by atoms with Gasteiger partial charge in [0.25, 0.3) is 0 Å². The number of aromatic amines is 1. The molecule has 220 valence electrons. The van der Waals surface area contributed by atoms with E-state index >= 15 is 4.39 Å². The topological polar surface area (TPSA) is 130 Å². The number of hydrazone groups is 1. The highest BCUT2D eigenvalue weighted by Gasteiger charge is 2.21. The lowest BCUT2D eigenvalue weighted by Crippen LogP contribution is -2.44. The summed E-state index contributed by atoms with van der Waals surface area (Å²) in [5, 5.41) is 12.3. The number of fused-ring (bicyclic) bond motifs is 1. The predicted octanol–water partition coefficient (Wildman–Crippen LogP) is 3.04. The first-order valence-electron chi connectivity index (χ1n) is 13.4. The Kier molecular flexibility index (Phi) is 9.04. The second kappa shape index (κ2) is 12.9. The van der Waals surface area contributed by atoms with Crippen molar-refractivity contribution in [3.63, 3.8) is 0 Å². The fourth-order valence-corrected chi connectivity index (χ4v) is 5.66. The predicted molar refractivity (Wildman–Crippen MR) is 169 cm³/mol. The fraction of sp³-hybridized carbons (Fsp3) is 0.321. The van der Waals surface area contributed by atoms with Gasteiger partial charge in [-0.05, 0) is 50.5 Å². The number of nitrogens with zero attached hydrogens (tertiary/aromatic N) is 6. The maximum absolute atomic E-state index is 15.4. The average molecular weight is 610 g/mol. The smallest absolute Gasteiger partial charge is 0.209 e. The van der Waals surface area contributed by atoms with Crippen LogP contribution in [0.15, 0.2) is 57.6 Å². The number of thiocarbonyl (C=S) groups is 1. The third-order valence-electron chi connectivity index (χ3n) is 7.11. The molecule has 0 saturated carbocycles. The van der Waals surface area contributed by atoms with E-state index < -0.39 is 5.82 Å². The Morgan fingerprint density at radius 1 is 1.26 bits per heavy atom. The molecule has 11 nitrogen and oxygen atoms in total. The molecule has 0 atom stereocenters. The Labute approximate surface area is 251 Å². The van der Waals surface area contributed by atoms with Crippen molar-refractivity contribution in [2.24, 2.45) is 10.8 Å². The quantitative estimate of drug-likeness (QED) is 0.113. The number of aryl methyl sites for hydroxylation is 1. The largest absolute Gasteiger partial charge is 0.496 e. The lowest BCUT2D eigenvalue weighted by atomic mass is 10.1. The van der Waals surface area contributed by atoms with Gasteiger partial charge in [-0.2, -0.15) is 5.10 Å². The molecular weight excluding hydrogens is 578 g/mol. The van der Waals surface area contributed by atoms with E-state index in [1.54, 1.807) is 19.4 Å². The first kappa shape index (κ1) is 29.5. The number of ether oxygens (including phenoxy) is 1. The number of pyridine rings is 1. The number of para-hydroxylation sites is 1. The summed E-state index contributed by atoms with van der Waals surface area (Å²) < 4.78 is 22.8. The Hall–Kier alpha value is -4.01. The number of halogens is 1. The van der Waals surface area contributed by atoms with Crippen LogP contribution in [0.3, 0.4) is 0 Å². The van der Waals surface area contributed by atoms with E-state index in [9.17, 15) is 4.79 Å². The van der Waals surface area contributed by atoms with Crippen LogP contribution >= 0.6 is 24.0 Å². The van der Waals surface area contributed by atoms with Crippen molar-refractivity contribution in [3.05, 3.63) is 64.2 Å². The molecule has 0 aliphatic carbocycles. The van der Waals surface area contributed by atoms with Gasteiger partial charge >= 0.3 is 0 Å². The number of rotatable bonds is 9. The standard InChI is InChI=1S/C28H32FN9O2S2/c1-4-37-15-19(25(39)18-13-20(29)23(14-22(18)37)38-11-9-36(2)10-12-38)26-31-28(35-33-26)42-16-21(32-34-27(30)41)17-7-5-6-8-24(17)40-3/h5-8,13-15H,4,9-12,16H2,1-3H3,(H3,30,34,41)(H,31,33,35)/b32-21-. The van der Waals surface area contributed by atoms with E-state index in [-0.39, 0.29) is 10.5 Å². The van der Waals surface area contributed by atoms with Gasteiger partial charge in [0.1, 0.15) is 11.6 Å². The van der Waals surface area contributed by atoms with E-state index in [2.05, 4.69) is 37.7 Å². The molecule has 4 N–H and O–H groups in total. The molecular formula is C28H32FN9O2S2. The summed E-state index contributed by atoms with van der Waals surface area (Å²) in [5.41, 5.74) is 10.8. The molecule has 0 amide bonds. The van der Waals surface area contributed by atoms with Gasteiger partial charge < -0.3 is 24.8 Å². The molecule has 1 fully saturated rings. The Balaban J connectivity index is 1.43. The monoisotopic (exact) mass is 609 g/mol. The van der Waals surface area contributed by atoms with Crippen LogP contribution in [0.5, 0.6) is 5.75 Å². The molecule has 0 spiro atoms. The summed E-state index contributed by atoms with van der Waals surface area (Å²) >= 11 is 6.22. The SMILES string of the molecule is CCn1cc(-c2nc(SC/C(=N/NC(N)=S)c3ccccc3OC)n[nH]2)c(=O)c2cc(F)c(N3CCN(C)CC3)cc21. The van der Waals surface area contributed by atoms with Crippen molar-refractivity contribution in [1.82, 2.24) is 30.1 Å². The van der Waals surface area contributed by atoms with Gasteiger partial charge in [-0.3, -0.25) is 15.3 Å². The molecule has 1 aliphatic rings. The molecule has 42 heavy (non-hydrogen) atoms. The lowest BCUT2D eigenvalue weighted by molar-refractivity contribution is 0.312. The number of aromatic nitrogens is 4. The molecule has 0 radical (unpaired) electrons. The summed E-state index contributed by atoms with van der Waals surface area (Å²) in [6, 6.07) is 10.6. The molecule has 1 aliphatic heterocycles. The second-order valence-electron chi connectivity index (χ2n) is 9.76. The minimum Gasteiger partial charge on any atom is -0.496 e. The van der Waals surface area contributed by atoms with Crippen LogP contribution in [-0.2, 0) is 6.54 Å². The minimum atomic E-state index is -0.411. The van der Waals surface area contributed by atoms with Crippen LogP contribution in [-0.4, -0.2) is 81.6 Å². The summed E-state index contributed by atoms with van der Waals surface area (Å²) in [5.74, 6) is 0.875. The molecule has 2 aromatic heterocycles. The van der Waals surface area contributed by atoms with E-state index in [1.165, 1.54) is 17.8 Å². The zero-order valence-corrected chi connectivity index (χ0v) is 25.2. The highest BCUT2D eigenvalue weighted by Crippen LogP contribution is 2.28. The number of likely N-dealkylation sites (N-methyl/N-ethyl adjacent to an activating group) is 1. The summed E-state index contributed by atoms with van der Waals surface area (Å²) in [6.07, 6.45) is 1.75. The van der Waals surface area contributed by atoms with Crippen molar-refractivity contribution in [2.75, 3.05) is 51.0 Å². The number of nitrogens with one attached hydrogen (secondary N) is 2. The van der Waals surface area contributed by atoms with Crippen molar-refractivity contribution in [3.8, 4) is 17.1 Å². The van der Waals surface area contributed by atoms with Gasteiger partial charge in [-0.1, -0.05) is 23.9 Å². The molecule has 14 heteroatoms. The summed E-state index contributed by atoms with van der Waals surface area (Å²) in [6.45, 7) is 5.73. The number of thioether (sulfide) groups is 1. The van der Waals surface area contributed by atoms with E-state index in [0.29, 0.717) is 56.9 Å². The van der Waals surface area contributed by atoms with Crippen molar-refractivity contribution in [2.45, 2.75) is 18.6 Å². The Bertz CT molecular complexity index is 1700. The summed E-state index contributed by atoms with van der Waals surface area (Å²) in [4.78, 5) is 22.4. The van der Waals surface area contributed by atoms with Crippen LogP contribution in [0, 0.1) is 5.82 Å². The van der Waals surface area contributed by atoms with Gasteiger partial charge in [0.2, 0.25) is 5.16 Å². The molecule has 0 unspecified atom stereocenters. The lowest BCUT2D eigenvalue weighted by Gasteiger charge is -2.34. The third kappa shape index (κ3) is 6.25. The van der Waals surface area contributed by atoms with E-state index in [4.69, 9.17) is 22.7 Å². The van der Waals surface area contributed by atoms with Gasteiger partial charge in [0, 0.05) is 55.6 Å². The number of H-pyrrole nitrogens is 1. The van der Waals surface area contributed by atoms with Crippen LogP contribution in [0.2, 0.25) is 0 Å². The first-order chi connectivity index (χ1) is 20.3. The number of nitrogens with two attached hydrogens (primary N) is 1. The maximum atomic E-state index is 15.4. The molecule has 5 rings (SSSR count). The van der Waals surface area contributed by atoms with Gasteiger partial charge in [-0.25, -0.2) is 9.37 Å².